The summed E-state index contributed by atoms with van der Waals surface area (Å²) in [6.07, 6.45) is 0.483. The predicted molar refractivity (Wildman–Crippen MR) is 55.4 cm³/mol. The van der Waals surface area contributed by atoms with E-state index in [1.807, 2.05) is 0 Å². The third-order valence-electron chi connectivity index (χ3n) is 2.74. The molecule has 0 amide bonds. The Hall–Kier alpha value is -1.14. The normalized spacial score (nSPS) is 24.9. The highest BCUT2D eigenvalue weighted by atomic mass is 35.5. The zero-order valence-electron chi connectivity index (χ0n) is 8.55. The number of ether oxygens (including phenoxy) is 1. The number of nitrogens with zero attached hydrogens (tertiary/aromatic N) is 1. The summed E-state index contributed by atoms with van der Waals surface area (Å²) in [5, 5.41) is -0.561. The van der Waals surface area contributed by atoms with Crippen LogP contribution in [0.25, 0.3) is 0 Å². The minimum absolute atomic E-state index is 0.205. The summed E-state index contributed by atoms with van der Waals surface area (Å²) in [6.45, 7) is 2.31. The van der Waals surface area contributed by atoms with Crippen LogP contribution in [0.4, 0.5) is 4.39 Å². The summed E-state index contributed by atoms with van der Waals surface area (Å²) < 4.78 is 19.3. The molecule has 0 radical (unpaired) electrons. The lowest BCUT2D eigenvalue weighted by molar-refractivity contribution is 0.157. The van der Waals surface area contributed by atoms with Crippen molar-refractivity contribution in [3.63, 3.8) is 0 Å². The first-order valence-corrected chi connectivity index (χ1v) is 5.12. The number of H-pyrrole nitrogens is 1. The highest BCUT2D eigenvalue weighted by molar-refractivity contribution is 6.29. The molecule has 0 spiro atoms. The van der Waals surface area contributed by atoms with Crippen molar-refractivity contribution >= 4 is 11.6 Å². The van der Waals surface area contributed by atoms with E-state index in [9.17, 15) is 14.0 Å². The van der Waals surface area contributed by atoms with Crippen molar-refractivity contribution < 1.29 is 9.13 Å². The molecule has 1 N–H and O–H groups in total. The maximum Gasteiger partial charge on any atom is 0.330 e. The van der Waals surface area contributed by atoms with E-state index < -0.39 is 27.8 Å². The maximum atomic E-state index is 13.3. The van der Waals surface area contributed by atoms with Crippen molar-refractivity contribution in [1.82, 2.24) is 9.55 Å². The molecule has 1 atom stereocenters. The van der Waals surface area contributed by atoms with Gasteiger partial charge in [0.2, 0.25) is 5.82 Å². The molecule has 1 aromatic rings. The molecule has 5 nitrogen and oxygen atoms in total. The third-order valence-corrected chi connectivity index (χ3v) is 3.00. The minimum Gasteiger partial charge on any atom is -0.379 e. The molecule has 1 aromatic heterocycles. The van der Waals surface area contributed by atoms with E-state index in [0.717, 1.165) is 4.57 Å². The first kappa shape index (κ1) is 11.3. The number of aromatic amines is 1. The van der Waals surface area contributed by atoms with Gasteiger partial charge < -0.3 is 4.74 Å². The van der Waals surface area contributed by atoms with Gasteiger partial charge in [-0.2, -0.15) is 4.39 Å². The molecule has 2 heterocycles. The van der Waals surface area contributed by atoms with Gasteiger partial charge in [-0.05, 0) is 13.3 Å². The van der Waals surface area contributed by atoms with Crippen LogP contribution in [-0.2, 0) is 10.3 Å². The molecule has 0 aliphatic carbocycles. The molecule has 1 aliphatic rings. The molecule has 0 bridgehead atoms. The van der Waals surface area contributed by atoms with Gasteiger partial charge in [-0.25, -0.2) is 9.36 Å². The van der Waals surface area contributed by atoms with Crippen LogP contribution >= 0.6 is 11.6 Å². The van der Waals surface area contributed by atoms with E-state index in [-0.39, 0.29) is 6.61 Å². The van der Waals surface area contributed by atoms with Gasteiger partial charge in [-0.3, -0.25) is 9.78 Å². The average molecular weight is 249 g/mol. The van der Waals surface area contributed by atoms with E-state index in [4.69, 9.17) is 16.3 Å². The van der Waals surface area contributed by atoms with Crippen LogP contribution in [0.1, 0.15) is 13.3 Å². The number of nitrogens with one attached hydrogen (secondary N) is 1. The minimum atomic E-state index is -1.14. The molecule has 2 rings (SSSR count). The largest absolute Gasteiger partial charge is 0.379 e. The van der Waals surface area contributed by atoms with E-state index in [1.165, 1.54) is 0 Å². The Labute approximate surface area is 94.8 Å². The smallest absolute Gasteiger partial charge is 0.330 e. The molecule has 0 saturated carbocycles. The number of hydrogen-bond acceptors (Lipinski definition) is 3. The third kappa shape index (κ3) is 1.58. The van der Waals surface area contributed by atoms with E-state index >= 15 is 0 Å². The molecule has 16 heavy (non-hydrogen) atoms. The second kappa shape index (κ2) is 3.71. The van der Waals surface area contributed by atoms with Gasteiger partial charge in [-0.15, -0.1) is 0 Å². The lowest BCUT2D eigenvalue weighted by atomic mass is 10.0. The topological polar surface area (TPSA) is 64.1 Å². The number of hydrogen-bond donors (Lipinski definition) is 1. The summed E-state index contributed by atoms with van der Waals surface area (Å²) in [4.78, 5) is 25.3. The van der Waals surface area contributed by atoms with Crippen LogP contribution < -0.4 is 11.2 Å². The lowest BCUT2D eigenvalue weighted by Crippen LogP contribution is -2.49. The number of halogens is 2. The average Bonchev–Trinajstić information content (AvgIpc) is 2.62. The molecule has 7 heteroatoms. The fraction of sp³-hybridized carbons (Fsp3) is 0.556. The Balaban J connectivity index is 2.70. The van der Waals surface area contributed by atoms with Gasteiger partial charge in [0.15, 0.2) is 5.15 Å². The molecule has 1 saturated heterocycles. The van der Waals surface area contributed by atoms with E-state index in [1.54, 1.807) is 6.92 Å². The first-order chi connectivity index (χ1) is 7.46. The van der Waals surface area contributed by atoms with Crippen LogP contribution in [0.3, 0.4) is 0 Å². The standard InChI is InChI=1S/C9H10ClFN2O3/c1-9(2-3-16-4-9)13-7(14)5(11)6(10)12-8(13)15/h2-4H2,1H3,(H,12,15). The first-order valence-electron chi connectivity index (χ1n) is 4.74. The number of rotatable bonds is 1. The van der Waals surface area contributed by atoms with Gasteiger partial charge in [0.05, 0.1) is 12.1 Å². The Morgan fingerprint density at radius 3 is 2.81 bits per heavy atom. The van der Waals surface area contributed by atoms with Crippen molar-refractivity contribution in [1.29, 1.82) is 0 Å². The highest BCUT2D eigenvalue weighted by Gasteiger charge is 2.35. The SMILES string of the molecule is CC1(n2c(=O)[nH]c(Cl)c(F)c2=O)CCOC1. The van der Waals surface area contributed by atoms with Crippen LogP contribution in [0.5, 0.6) is 0 Å². The summed E-state index contributed by atoms with van der Waals surface area (Å²) in [5.41, 5.74) is -2.54. The van der Waals surface area contributed by atoms with Crippen molar-refractivity contribution in [2.45, 2.75) is 18.9 Å². The molecule has 1 aliphatic heterocycles. The Morgan fingerprint density at radius 2 is 2.25 bits per heavy atom. The van der Waals surface area contributed by atoms with Crippen molar-refractivity contribution in [2.75, 3.05) is 13.2 Å². The van der Waals surface area contributed by atoms with Gasteiger partial charge in [0.1, 0.15) is 0 Å². The van der Waals surface area contributed by atoms with E-state index in [0.29, 0.717) is 13.0 Å². The summed E-state index contributed by atoms with van der Waals surface area (Å²) >= 11 is 5.37. The van der Waals surface area contributed by atoms with Crippen LogP contribution in [0.2, 0.25) is 5.15 Å². The quantitative estimate of drug-likeness (QED) is 0.735. The second-order valence-electron chi connectivity index (χ2n) is 4.00. The molecular formula is C9H10ClFN2O3. The summed E-state index contributed by atoms with van der Waals surface area (Å²) in [7, 11) is 0. The van der Waals surface area contributed by atoms with E-state index in [2.05, 4.69) is 4.98 Å². The molecule has 88 valence electrons. The van der Waals surface area contributed by atoms with Gasteiger partial charge in [0, 0.05) is 6.61 Å². The van der Waals surface area contributed by atoms with Crippen molar-refractivity contribution in [3.05, 3.63) is 31.8 Å². The van der Waals surface area contributed by atoms with Crippen LogP contribution in [0, 0.1) is 5.82 Å². The highest BCUT2D eigenvalue weighted by Crippen LogP contribution is 2.23. The van der Waals surface area contributed by atoms with Crippen LogP contribution in [-0.4, -0.2) is 22.8 Å². The molecule has 1 unspecified atom stereocenters. The zero-order valence-corrected chi connectivity index (χ0v) is 9.31. The molecular weight excluding hydrogens is 239 g/mol. The Kier molecular flexibility index (Phi) is 2.63. The van der Waals surface area contributed by atoms with Gasteiger partial charge in [0.25, 0.3) is 5.56 Å². The second-order valence-corrected chi connectivity index (χ2v) is 4.38. The summed E-state index contributed by atoms with van der Waals surface area (Å²) in [5.74, 6) is -1.14. The predicted octanol–water partition coefficient (Wildman–Crippen LogP) is 0.465. The lowest BCUT2D eigenvalue weighted by Gasteiger charge is -2.23. The summed E-state index contributed by atoms with van der Waals surface area (Å²) in [6, 6.07) is 0. The fourth-order valence-corrected chi connectivity index (χ4v) is 1.97. The Morgan fingerprint density at radius 1 is 1.56 bits per heavy atom. The molecule has 1 fully saturated rings. The van der Waals surface area contributed by atoms with Gasteiger partial charge >= 0.3 is 5.69 Å². The van der Waals surface area contributed by atoms with Crippen LogP contribution in [0.15, 0.2) is 9.59 Å². The maximum absolute atomic E-state index is 13.3. The fourth-order valence-electron chi connectivity index (χ4n) is 1.81. The Bertz CT molecular complexity index is 531. The van der Waals surface area contributed by atoms with Gasteiger partial charge in [-0.1, -0.05) is 11.6 Å². The van der Waals surface area contributed by atoms with Crippen molar-refractivity contribution in [3.8, 4) is 0 Å². The zero-order chi connectivity index (χ0) is 11.9. The monoisotopic (exact) mass is 248 g/mol. The molecule has 0 aromatic carbocycles. The van der Waals surface area contributed by atoms with Crippen molar-refractivity contribution in [2.24, 2.45) is 0 Å². The number of aromatic nitrogens is 2.